The summed E-state index contributed by atoms with van der Waals surface area (Å²) in [5.41, 5.74) is 4.56. The Morgan fingerprint density at radius 2 is 1.83 bits per heavy atom. The Bertz CT molecular complexity index is 1070. The van der Waals surface area contributed by atoms with Gasteiger partial charge < -0.3 is 9.88 Å². The molecule has 0 aliphatic heterocycles. The maximum Gasteiger partial charge on any atom is 0.287 e. The fourth-order valence-corrected chi connectivity index (χ4v) is 4.82. The molecular formula is C24H25ClIN3O. The van der Waals surface area contributed by atoms with Gasteiger partial charge in [-0.2, -0.15) is 0 Å². The molecule has 1 heterocycles. The first-order valence-corrected chi connectivity index (χ1v) is 11.8. The Labute approximate surface area is 196 Å². The molecule has 0 bridgehead atoms. The number of carbonyl (C=O) groups is 1. The summed E-state index contributed by atoms with van der Waals surface area (Å²) >= 11 is 8.89. The van der Waals surface area contributed by atoms with Crippen LogP contribution in [-0.2, 0) is 7.05 Å². The number of hydrogen-bond donors (Lipinski definition) is 1. The molecule has 1 aromatic heterocycles. The minimum absolute atomic E-state index is 0.120. The smallest absolute Gasteiger partial charge is 0.287 e. The summed E-state index contributed by atoms with van der Waals surface area (Å²) in [6, 6.07) is 14.4. The summed E-state index contributed by atoms with van der Waals surface area (Å²) < 4.78 is 3.05. The van der Waals surface area contributed by atoms with Crippen molar-refractivity contribution in [2.75, 3.05) is 0 Å². The van der Waals surface area contributed by atoms with Crippen LogP contribution in [0.3, 0.4) is 0 Å². The van der Waals surface area contributed by atoms with E-state index in [0.717, 1.165) is 44.5 Å². The van der Waals surface area contributed by atoms with E-state index < -0.39 is 0 Å². The van der Waals surface area contributed by atoms with Crippen LogP contribution in [0.15, 0.2) is 42.5 Å². The monoisotopic (exact) mass is 533 g/mol. The molecule has 0 unspecified atom stereocenters. The van der Waals surface area contributed by atoms with E-state index in [0.29, 0.717) is 10.8 Å². The van der Waals surface area contributed by atoms with Crippen molar-refractivity contribution < 1.29 is 4.79 Å². The van der Waals surface area contributed by atoms with Crippen LogP contribution in [0.2, 0.25) is 5.02 Å². The number of carbonyl (C=O) groups excluding carboxylic acids is 1. The molecule has 30 heavy (non-hydrogen) atoms. The highest BCUT2D eigenvalue weighted by Gasteiger charge is 2.25. The van der Waals surface area contributed by atoms with Crippen molar-refractivity contribution >= 4 is 40.1 Å². The third kappa shape index (κ3) is 4.42. The fourth-order valence-electron chi connectivity index (χ4n) is 4.14. The van der Waals surface area contributed by atoms with Gasteiger partial charge in [-0.1, -0.05) is 55.1 Å². The lowest BCUT2D eigenvalue weighted by atomic mass is 9.95. The quantitative estimate of drug-likeness (QED) is 0.396. The number of nitrogens with zero attached hydrogens (tertiary/aromatic N) is 2. The molecule has 1 aliphatic rings. The SMILES string of the molecule is Cc1ccc(-c2nc(C(=O)NC3CCCCC3)n(C)c2-c2ccc(I)cc2)c(Cl)c1. The zero-order chi connectivity index (χ0) is 21.3. The Morgan fingerprint density at radius 3 is 2.50 bits per heavy atom. The number of hydrogen-bond acceptors (Lipinski definition) is 2. The number of benzene rings is 2. The Balaban J connectivity index is 1.80. The highest BCUT2D eigenvalue weighted by atomic mass is 127. The maximum atomic E-state index is 13.1. The first-order chi connectivity index (χ1) is 14.4. The van der Waals surface area contributed by atoms with E-state index in [-0.39, 0.29) is 11.9 Å². The highest BCUT2D eigenvalue weighted by Crippen LogP contribution is 2.36. The van der Waals surface area contributed by atoms with Gasteiger partial charge in [-0.3, -0.25) is 4.79 Å². The van der Waals surface area contributed by atoms with Crippen LogP contribution in [0.1, 0.15) is 48.3 Å². The summed E-state index contributed by atoms with van der Waals surface area (Å²) in [4.78, 5) is 17.9. The van der Waals surface area contributed by atoms with Gasteiger partial charge in [0, 0.05) is 27.8 Å². The third-order valence-corrected chi connectivity index (χ3v) is 6.77. The molecule has 0 radical (unpaired) electrons. The van der Waals surface area contributed by atoms with Crippen LogP contribution in [0.4, 0.5) is 0 Å². The van der Waals surface area contributed by atoms with Crippen molar-refractivity contribution in [3.63, 3.8) is 0 Å². The van der Waals surface area contributed by atoms with Crippen molar-refractivity contribution in [3.05, 3.63) is 62.4 Å². The standard InChI is InChI=1S/C24H25ClIN3O/c1-15-8-13-19(20(25)14-15)21-22(16-9-11-17(26)12-10-16)29(2)23(28-21)24(30)27-18-6-4-3-5-7-18/h8-14,18H,3-7H2,1-2H3,(H,27,30). The van der Waals surface area contributed by atoms with E-state index in [4.69, 9.17) is 16.6 Å². The number of aromatic nitrogens is 2. The molecule has 3 aromatic rings. The van der Waals surface area contributed by atoms with Gasteiger partial charge in [0.1, 0.15) is 0 Å². The second-order valence-electron chi connectivity index (χ2n) is 7.99. The first kappa shape index (κ1) is 21.4. The van der Waals surface area contributed by atoms with Crippen LogP contribution in [0.5, 0.6) is 0 Å². The van der Waals surface area contributed by atoms with E-state index >= 15 is 0 Å². The van der Waals surface area contributed by atoms with Gasteiger partial charge in [0.05, 0.1) is 16.4 Å². The molecule has 6 heteroatoms. The average molecular weight is 534 g/mol. The minimum atomic E-state index is -0.120. The van der Waals surface area contributed by atoms with Gasteiger partial charge in [-0.05, 0) is 66.1 Å². The predicted octanol–water partition coefficient (Wildman–Crippen LogP) is 6.38. The van der Waals surface area contributed by atoms with E-state index in [1.807, 2.05) is 36.7 Å². The van der Waals surface area contributed by atoms with Gasteiger partial charge >= 0.3 is 0 Å². The van der Waals surface area contributed by atoms with E-state index in [1.54, 1.807) is 0 Å². The fraction of sp³-hybridized carbons (Fsp3) is 0.333. The van der Waals surface area contributed by atoms with Crippen LogP contribution >= 0.6 is 34.2 Å². The summed E-state index contributed by atoms with van der Waals surface area (Å²) in [5, 5.41) is 3.83. The van der Waals surface area contributed by atoms with E-state index in [2.05, 4.69) is 52.2 Å². The van der Waals surface area contributed by atoms with Crippen LogP contribution in [0, 0.1) is 10.5 Å². The van der Waals surface area contributed by atoms with Crippen molar-refractivity contribution in [3.8, 4) is 22.5 Å². The van der Waals surface area contributed by atoms with Gasteiger partial charge in [-0.15, -0.1) is 0 Å². The third-order valence-electron chi connectivity index (χ3n) is 5.74. The molecule has 0 atom stereocenters. The molecule has 1 aliphatic carbocycles. The van der Waals surface area contributed by atoms with Crippen molar-refractivity contribution in [1.82, 2.24) is 14.9 Å². The molecule has 1 saturated carbocycles. The Hall–Kier alpha value is -1.86. The van der Waals surface area contributed by atoms with Crippen LogP contribution < -0.4 is 5.32 Å². The van der Waals surface area contributed by atoms with Crippen LogP contribution in [0.25, 0.3) is 22.5 Å². The zero-order valence-corrected chi connectivity index (χ0v) is 20.1. The maximum absolute atomic E-state index is 13.1. The second-order valence-corrected chi connectivity index (χ2v) is 9.64. The van der Waals surface area contributed by atoms with Gasteiger partial charge in [0.25, 0.3) is 5.91 Å². The lowest BCUT2D eigenvalue weighted by Gasteiger charge is -2.22. The topological polar surface area (TPSA) is 46.9 Å². The number of rotatable bonds is 4. The van der Waals surface area contributed by atoms with Crippen molar-refractivity contribution in [1.29, 1.82) is 0 Å². The summed E-state index contributed by atoms with van der Waals surface area (Å²) in [5.74, 6) is 0.298. The average Bonchev–Trinajstić information content (AvgIpc) is 3.06. The van der Waals surface area contributed by atoms with Crippen molar-refractivity contribution in [2.24, 2.45) is 7.05 Å². The number of aryl methyl sites for hydroxylation is 1. The Morgan fingerprint density at radius 1 is 1.13 bits per heavy atom. The van der Waals surface area contributed by atoms with E-state index in [1.165, 1.54) is 19.3 Å². The highest BCUT2D eigenvalue weighted by molar-refractivity contribution is 14.1. The number of halogens is 2. The summed E-state index contributed by atoms with van der Waals surface area (Å²) in [6.45, 7) is 2.01. The molecule has 156 valence electrons. The molecule has 4 nitrogen and oxygen atoms in total. The van der Waals surface area contributed by atoms with Gasteiger partial charge in [-0.25, -0.2) is 4.98 Å². The first-order valence-electron chi connectivity index (χ1n) is 10.3. The van der Waals surface area contributed by atoms with Crippen LogP contribution in [-0.4, -0.2) is 21.5 Å². The number of amides is 1. The van der Waals surface area contributed by atoms with Crippen molar-refractivity contribution in [2.45, 2.75) is 45.1 Å². The zero-order valence-electron chi connectivity index (χ0n) is 17.2. The largest absolute Gasteiger partial charge is 0.347 e. The second kappa shape index (κ2) is 9.10. The summed E-state index contributed by atoms with van der Waals surface area (Å²) in [6.07, 6.45) is 5.67. The van der Waals surface area contributed by atoms with Gasteiger partial charge in [0.2, 0.25) is 0 Å². The molecule has 0 spiro atoms. The van der Waals surface area contributed by atoms with Gasteiger partial charge in [0.15, 0.2) is 5.82 Å². The predicted molar refractivity (Wildman–Crippen MR) is 131 cm³/mol. The molecule has 1 N–H and O–H groups in total. The lowest BCUT2D eigenvalue weighted by molar-refractivity contribution is 0.0914. The molecule has 0 saturated heterocycles. The molecule has 1 fully saturated rings. The normalized spacial score (nSPS) is 14.7. The number of nitrogens with one attached hydrogen (secondary N) is 1. The molecule has 1 amide bonds. The lowest BCUT2D eigenvalue weighted by Crippen LogP contribution is -2.37. The molecular weight excluding hydrogens is 509 g/mol. The molecule has 4 rings (SSSR count). The Kier molecular flexibility index (Phi) is 6.48. The summed E-state index contributed by atoms with van der Waals surface area (Å²) in [7, 11) is 1.90. The number of imidazole rings is 1. The molecule has 2 aromatic carbocycles. The van der Waals surface area contributed by atoms with E-state index in [9.17, 15) is 4.79 Å². The minimum Gasteiger partial charge on any atom is -0.347 e.